The Morgan fingerprint density at radius 3 is 2.38 bits per heavy atom. The third kappa shape index (κ3) is 3.04. The van der Waals surface area contributed by atoms with E-state index in [1.165, 1.54) is 4.31 Å². The maximum Gasteiger partial charge on any atom is 0.337 e. The van der Waals surface area contributed by atoms with Crippen LogP contribution < -0.4 is 0 Å². The van der Waals surface area contributed by atoms with Gasteiger partial charge in [-0.1, -0.05) is 30.1 Å². The molecule has 1 aliphatic rings. The number of hydrogen-bond donors (Lipinski definition) is 1. The molecule has 1 aliphatic heterocycles. The first-order valence-corrected chi connectivity index (χ1v) is 8.58. The molecule has 0 amide bonds. The fraction of sp³-hybridized carbons (Fsp3) is 0.462. The minimum atomic E-state index is -3.84. The SMILES string of the molecule is CC1CC(C)N(S(=O)(=O)c2cc(C(=O)O)c(Cl)cc2Cl)C1. The van der Waals surface area contributed by atoms with Crippen LogP contribution in [0.1, 0.15) is 30.6 Å². The highest BCUT2D eigenvalue weighted by atomic mass is 35.5. The summed E-state index contributed by atoms with van der Waals surface area (Å²) < 4.78 is 26.8. The number of rotatable bonds is 3. The zero-order valence-electron chi connectivity index (χ0n) is 11.5. The molecule has 2 atom stereocenters. The molecule has 8 heteroatoms. The van der Waals surface area contributed by atoms with Crippen molar-refractivity contribution in [3.05, 3.63) is 27.7 Å². The first-order valence-electron chi connectivity index (χ1n) is 6.38. The first kappa shape index (κ1) is 16.5. The van der Waals surface area contributed by atoms with Crippen LogP contribution in [-0.2, 0) is 10.0 Å². The standard InChI is InChI=1S/C13H15Cl2NO4S/c1-7-3-8(2)16(6-7)21(19,20)12-4-9(13(17)18)10(14)5-11(12)15/h4-5,7-8H,3,6H2,1-2H3,(H,17,18). The van der Waals surface area contributed by atoms with E-state index in [-0.39, 0.29) is 32.5 Å². The van der Waals surface area contributed by atoms with Gasteiger partial charge in [0, 0.05) is 12.6 Å². The minimum absolute atomic E-state index is 0.0725. The maximum absolute atomic E-state index is 12.7. The molecule has 0 aliphatic carbocycles. The Labute approximate surface area is 133 Å². The first-order chi connectivity index (χ1) is 9.64. The van der Waals surface area contributed by atoms with Gasteiger partial charge in [-0.2, -0.15) is 4.31 Å². The molecule has 5 nitrogen and oxygen atoms in total. The quantitative estimate of drug-likeness (QED) is 0.907. The number of carbonyl (C=O) groups is 1. The van der Waals surface area contributed by atoms with E-state index >= 15 is 0 Å². The summed E-state index contributed by atoms with van der Waals surface area (Å²) in [5.41, 5.74) is -0.278. The highest BCUT2D eigenvalue weighted by molar-refractivity contribution is 7.89. The molecule has 2 rings (SSSR count). The van der Waals surface area contributed by atoms with Crippen molar-refractivity contribution >= 4 is 39.2 Å². The summed E-state index contributed by atoms with van der Waals surface area (Å²) in [6.07, 6.45) is 0.760. The fourth-order valence-corrected chi connectivity index (χ4v) is 5.21. The molecule has 0 spiro atoms. The molecule has 1 saturated heterocycles. The van der Waals surface area contributed by atoms with Gasteiger partial charge < -0.3 is 5.11 Å². The van der Waals surface area contributed by atoms with Crippen molar-refractivity contribution in [3.8, 4) is 0 Å². The number of sulfonamides is 1. The maximum atomic E-state index is 12.7. The topological polar surface area (TPSA) is 74.7 Å². The fourth-order valence-electron chi connectivity index (χ4n) is 2.61. The number of carboxylic acid groups (broad SMARTS) is 1. The van der Waals surface area contributed by atoms with Crippen LogP contribution in [0.3, 0.4) is 0 Å². The van der Waals surface area contributed by atoms with E-state index in [9.17, 15) is 13.2 Å². The van der Waals surface area contributed by atoms with Gasteiger partial charge in [0.05, 0.1) is 15.6 Å². The van der Waals surface area contributed by atoms with Crippen molar-refractivity contribution in [2.75, 3.05) is 6.54 Å². The zero-order chi connectivity index (χ0) is 15.9. The van der Waals surface area contributed by atoms with Crippen molar-refractivity contribution in [3.63, 3.8) is 0 Å². The monoisotopic (exact) mass is 351 g/mol. The number of hydrogen-bond acceptors (Lipinski definition) is 3. The number of halogens is 2. The smallest absolute Gasteiger partial charge is 0.337 e. The molecule has 0 saturated carbocycles. The van der Waals surface area contributed by atoms with Gasteiger partial charge in [0.2, 0.25) is 10.0 Å². The van der Waals surface area contributed by atoms with Crippen LogP contribution in [0.4, 0.5) is 0 Å². The molecule has 0 radical (unpaired) electrons. The van der Waals surface area contributed by atoms with Crippen molar-refractivity contribution < 1.29 is 18.3 Å². The predicted molar refractivity (Wildman–Crippen MR) is 80.6 cm³/mol. The van der Waals surface area contributed by atoms with Gasteiger partial charge >= 0.3 is 5.97 Å². The number of aromatic carboxylic acids is 1. The van der Waals surface area contributed by atoms with Gasteiger partial charge in [-0.3, -0.25) is 0 Å². The Balaban J connectivity index is 2.55. The summed E-state index contributed by atoms with van der Waals surface area (Å²) in [7, 11) is -3.84. The van der Waals surface area contributed by atoms with Crippen molar-refractivity contribution in [1.29, 1.82) is 0 Å². The van der Waals surface area contributed by atoms with Gasteiger partial charge in [0.25, 0.3) is 0 Å². The van der Waals surface area contributed by atoms with Gasteiger partial charge in [-0.15, -0.1) is 0 Å². The number of carboxylic acids is 1. The van der Waals surface area contributed by atoms with Gasteiger partial charge in [-0.25, -0.2) is 13.2 Å². The van der Waals surface area contributed by atoms with Crippen LogP contribution in [0.15, 0.2) is 17.0 Å². The van der Waals surface area contributed by atoms with Crippen LogP contribution in [0.5, 0.6) is 0 Å². The van der Waals surface area contributed by atoms with Crippen LogP contribution in [0.2, 0.25) is 10.0 Å². The highest BCUT2D eigenvalue weighted by Crippen LogP contribution is 2.34. The molecular formula is C13H15Cl2NO4S. The van der Waals surface area contributed by atoms with Crippen molar-refractivity contribution in [2.45, 2.75) is 31.2 Å². The lowest BCUT2D eigenvalue weighted by atomic mass is 10.1. The van der Waals surface area contributed by atoms with Crippen LogP contribution in [-0.4, -0.2) is 36.4 Å². The summed E-state index contributed by atoms with van der Waals surface area (Å²) in [6.45, 7) is 4.19. The van der Waals surface area contributed by atoms with E-state index in [0.717, 1.165) is 18.6 Å². The summed E-state index contributed by atoms with van der Waals surface area (Å²) in [4.78, 5) is 10.9. The molecule has 2 unspecified atom stereocenters. The van der Waals surface area contributed by atoms with E-state index in [4.69, 9.17) is 28.3 Å². The number of benzene rings is 1. The van der Waals surface area contributed by atoms with Crippen LogP contribution >= 0.6 is 23.2 Å². The summed E-state index contributed by atoms with van der Waals surface area (Å²) in [5, 5.41) is 8.91. The molecule has 116 valence electrons. The molecular weight excluding hydrogens is 337 g/mol. The Hall–Kier alpha value is -0.820. The largest absolute Gasteiger partial charge is 0.478 e. The second-order valence-corrected chi connectivity index (χ2v) is 8.01. The van der Waals surface area contributed by atoms with E-state index in [1.807, 2.05) is 13.8 Å². The van der Waals surface area contributed by atoms with Crippen molar-refractivity contribution in [1.82, 2.24) is 4.31 Å². The van der Waals surface area contributed by atoms with Gasteiger partial charge in [-0.05, 0) is 31.4 Å². The molecule has 21 heavy (non-hydrogen) atoms. The summed E-state index contributed by atoms with van der Waals surface area (Å²) in [6, 6.07) is 2.03. The Morgan fingerprint density at radius 2 is 1.90 bits per heavy atom. The summed E-state index contributed by atoms with van der Waals surface area (Å²) >= 11 is 11.8. The average Bonchev–Trinajstić information content (AvgIpc) is 2.68. The molecule has 1 heterocycles. The molecule has 1 aromatic rings. The van der Waals surface area contributed by atoms with Crippen LogP contribution in [0, 0.1) is 5.92 Å². The molecule has 0 bridgehead atoms. The number of nitrogens with zero attached hydrogens (tertiary/aromatic N) is 1. The van der Waals surface area contributed by atoms with E-state index in [2.05, 4.69) is 0 Å². The summed E-state index contributed by atoms with van der Waals surface area (Å²) in [5.74, 6) is -1.05. The normalized spacial score (nSPS) is 23.4. The lowest BCUT2D eigenvalue weighted by molar-refractivity contribution is 0.0697. The van der Waals surface area contributed by atoms with Gasteiger partial charge in [0.1, 0.15) is 4.90 Å². The molecule has 1 fully saturated rings. The molecule has 1 aromatic carbocycles. The van der Waals surface area contributed by atoms with E-state index in [1.54, 1.807) is 0 Å². The van der Waals surface area contributed by atoms with Gasteiger partial charge in [0.15, 0.2) is 0 Å². The molecule has 1 N–H and O–H groups in total. The highest BCUT2D eigenvalue weighted by Gasteiger charge is 2.37. The lowest BCUT2D eigenvalue weighted by Gasteiger charge is -2.22. The molecule has 0 aromatic heterocycles. The predicted octanol–water partition coefficient (Wildman–Crippen LogP) is 3.11. The zero-order valence-corrected chi connectivity index (χ0v) is 13.8. The van der Waals surface area contributed by atoms with Crippen molar-refractivity contribution in [2.24, 2.45) is 5.92 Å². The lowest BCUT2D eigenvalue weighted by Crippen LogP contribution is -2.34. The van der Waals surface area contributed by atoms with Crippen LogP contribution in [0.25, 0.3) is 0 Å². The third-order valence-corrected chi connectivity index (χ3v) is 6.32. The Morgan fingerprint density at radius 1 is 1.29 bits per heavy atom. The van der Waals surface area contributed by atoms with E-state index in [0.29, 0.717) is 6.54 Å². The van der Waals surface area contributed by atoms with E-state index < -0.39 is 16.0 Å². The second kappa shape index (κ2) is 5.76. The third-order valence-electron chi connectivity index (χ3n) is 3.57. The minimum Gasteiger partial charge on any atom is -0.478 e. The Kier molecular flexibility index (Phi) is 4.54. The average molecular weight is 352 g/mol. The second-order valence-electron chi connectivity index (χ2n) is 5.33. The Bertz CT molecular complexity index is 690.